The maximum Gasteiger partial charge on any atom is 0.227 e. The molecular weight excluding hydrogens is 197 g/mol. The lowest BCUT2D eigenvalue weighted by Gasteiger charge is -2.04. The molecule has 3 nitrogen and oxygen atoms in total. The number of benzene rings is 1. The van der Waals surface area contributed by atoms with Gasteiger partial charge in [0, 0.05) is 17.7 Å². The van der Waals surface area contributed by atoms with Gasteiger partial charge in [-0.1, -0.05) is 6.92 Å². The van der Waals surface area contributed by atoms with Crippen LogP contribution in [0.15, 0.2) is 18.2 Å². The summed E-state index contributed by atoms with van der Waals surface area (Å²) in [6, 6.07) is 3.81. The first kappa shape index (κ1) is 9.96. The second-order valence-electron chi connectivity index (χ2n) is 3.97. The third-order valence-electron chi connectivity index (χ3n) is 2.66. The first-order valence-electron chi connectivity index (χ1n) is 4.87. The third-order valence-corrected chi connectivity index (χ3v) is 2.66. The lowest BCUT2D eigenvalue weighted by molar-refractivity contribution is -0.117. The lowest BCUT2D eigenvalue weighted by Crippen LogP contribution is -2.14. The number of amides is 1. The Morgan fingerprint density at radius 3 is 2.80 bits per heavy atom. The van der Waals surface area contributed by atoms with Gasteiger partial charge >= 0.3 is 0 Å². The molecule has 2 rings (SSSR count). The van der Waals surface area contributed by atoms with Crippen LogP contribution in [0.3, 0.4) is 0 Å². The number of anilines is 1. The van der Waals surface area contributed by atoms with Crippen molar-refractivity contribution in [2.75, 3.05) is 5.32 Å². The molecule has 1 aromatic carbocycles. The minimum atomic E-state index is -0.725. The van der Waals surface area contributed by atoms with Gasteiger partial charge < -0.3 is 10.4 Å². The molecule has 0 aromatic heterocycles. The highest BCUT2D eigenvalue weighted by Gasteiger charge is 2.39. The summed E-state index contributed by atoms with van der Waals surface area (Å²) in [5.74, 6) is -0.731. The summed E-state index contributed by atoms with van der Waals surface area (Å²) in [7, 11) is 0. The molecule has 1 fully saturated rings. The fraction of sp³-hybridized carbons (Fsp3) is 0.364. The van der Waals surface area contributed by atoms with Gasteiger partial charge in [-0.05, 0) is 24.5 Å². The molecule has 2 unspecified atom stereocenters. The number of carbonyl (C=O) groups is 1. The van der Waals surface area contributed by atoms with Crippen LogP contribution >= 0.6 is 0 Å². The van der Waals surface area contributed by atoms with Crippen molar-refractivity contribution in [3.05, 3.63) is 24.0 Å². The van der Waals surface area contributed by atoms with Gasteiger partial charge in [0.1, 0.15) is 0 Å². The van der Waals surface area contributed by atoms with Crippen molar-refractivity contribution >= 4 is 11.6 Å². The largest absolute Gasteiger partial charge is 0.505 e. The van der Waals surface area contributed by atoms with Crippen LogP contribution in [0, 0.1) is 17.7 Å². The number of phenols is 1. The van der Waals surface area contributed by atoms with Gasteiger partial charge in [-0.2, -0.15) is 0 Å². The third kappa shape index (κ3) is 2.09. The first-order valence-corrected chi connectivity index (χ1v) is 4.87. The summed E-state index contributed by atoms with van der Waals surface area (Å²) >= 11 is 0. The fourth-order valence-corrected chi connectivity index (χ4v) is 1.51. The molecule has 1 aliphatic carbocycles. The van der Waals surface area contributed by atoms with Gasteiger partial charge in [0.15, 0.2) is 11.6 Å². The van der Waals surface area contributed by atoms with E-state index >= 15 is 0 Å². The van der Waals surface area contributed by atoms with Crippen LogP contribution in [0.25, 0.3) is 0 Å². The SMILES string of the molecule is CC1CC1C(=O)Nc1ccc(O)c(F)c1. The van der Waals surface area contributed by atoms with Gasteiger partial charge in [-0.25, -0.2) is 4.39 Å². The number of phenolic OH excluding ortho intramolecular Hbond substituents is 1. The van der Waals surface area contributed by atoms with E-state index in [4.69, 9.17) is 5.11 Å². The fourth-order valence-electron chi connectivity index (χ4n) is 1.51. The number of hydrogen-bond donors (Lipinski definition) is 2. The number of hydrogen-bond acceptors (Lipinski definition) is 2. The molecule has 2 atom stereocenters. The quantitative estimate of drug-likeness (QED) is 0.733. The Morgan fingerprint density at radius 1 is 1.60 bits per heavy atom. The molecule has 80 valence electrons. The topological polar surface area (TPSA) is 49.3 Å². The number of carbonyl (C=O) groups excluding carboxylic acids is 1. The van der Waals surface area contributed by atoms with E-state index in [0.29, 0.717) is 11.6 Å². The van der Waals surface area contributed by atoms with Gasteiger partial charge in [0.2, 0.25) is 5.91 Å². The second kappa shape index (κ2) is 3.53. The molecule has 1 saturated carbocycles. The zero-order valence-corrected chi connectivity index (χ0v) is 8.33. The van der Waals surface area contributed by atoms with Crippen LogP contribution in [-0.4, -0.2) is 11.0 Å². The van der Waals surface area contributed by atoms with Crippen LogP contribution in [0.4, 0.5) is 10.1 Å². The molecule has 0 heterocycles. The minimum absolute atomic E-state index is 0.0573. The van der Waals surface area contributed by atoms with Crippen molar-refractivity contribution in [3.8, 4) is 5.75 Å². The predicted octanol–water partition coefficient (Wildman–Crippen LogP) is 2.13. The first-order chi connectivity index (χ1) is 7.08. The van der Waals surface area contributed by atoms with E-state index in [1.807, 2.05) is 6.92 Å². The van der Waals surface area contributed by atoms with Gasteiger partial charge in [-0.15, -0.1) is 0 Å². The van der Waals surface area contributed by atoms with E-state index in [0.717, 1.165) is 12.5 Å². The highest BCUT2D eigenvalue weighted by molar-refractivity contribution is 5.94. The Morgan fingerprint density at radius 2 is 2.27 bits per heavy atom. The van der Waals surface area contributed by atoms with Crippen molar-refractivity contribution in [2.24, 2.45) is 11.8 Å². The van der Waals surface area contributed by atoms with Gasteiger partial charge in [0.05, 0.1) is 0 Å². The highest BCUT2D eigenvalue weighted by atomic mass is 19.1. The van der Waals surface area contributed by atoms with Gasteiger partial charge in [-0.3, -0.25) is 4.79 Å². The lowest BCUT2D eigenvalue weighted by atomic mass is 10.2. The second-order valence-corrected chi connectivity index (χ2v) is 3.97. The van der Waals surface area contributed by atoms with E-state index < -0.39 is 11.6 Å². The van der Waals surface area contributed by atoms with Crippen molar-refractivity contribution < 1.29 is 14.3 Å². The number of halogens is 1. The standard InChI is InChI=1S/C11H12FNO2/c1-6-4-8(6)11(15)13-7-2-3-10(14)9(12)5-7/h2-3,5-6,8,14H,4H2,1H3,(H,13,15). The Labute approximate surface area is 86.9 Å². The van der Waals surface area contributed by atoms with Crippen LogP contribution < -0.4 is 5.32 Å². The predicted molar refractivity (Wildman–Crippen MR) is 54.0 cm³/mol. The Balaban J connectivity index is 2.04. The molecule has 0 aliphatic heterocycles. The molecule has 2 N–H and O–H groups in total. The van der Waals surface area contributed by atoms with E-state index in [9.17, 15) is 9.18 Å². The Kier molecular flexibility index (Phi) is 2.34. The summed E-state index contributed by atoms with van der Waals surface area (Å²) < 4.78 is 12.9. The van der Waals surface area contributed by atoms with Crippen LogP contribution in [0.5, 0.6) is 5.75 Å². The number of rotatable bonds is 2. The maximum absolute atomic E-state index is 12.9. The van der Waals surface area contributed by atoms with Crippen molar-refractivity contribution in [1.29, 1.82) is 0 Å². The van der Waals surface area contributed by atoms with E-state index in [2.05, 4.69) is 5.32 Å². The van der Waals surface area contributed by atoms with Crippen molar-refractivity contribution in [2.45, 2.75) is 13.3 Å². The van der Waals surface area contributed by atoms with Crippen LogP contribution in [-0.2, 0) is 4.79 Å². The summed E-state index contributed by atoms with van der Waals surface area (Å²) in [6.45, 7) is 2.00. The van der Waals surface area contributed by atoms with E-state index in [1.165, 1.54) is 12.1 Å². The zero-order chi connectivity index (χ0) is 11.0. The molecule has 0 bridgehead atoms. The number of aromatic hydroxyl groups is 1. The number of nitrogens with one attached hydrogen (secondary N) is 1. The van der Waals surface area contributed by atoms with Crippen molar-refractivity contribution in [3.63, 3.8) is 0 Å². The normalized spacial score (nSPS) is 23.6. The molecule has 1 amide bonds. The summed E-state index contributed by atoms with van der Waals surface area (Å²) in [6.07, 6.45) is 0.895. The molecule has 0 radical (unpaired) electrons. The molecule has 0 saturated heterocycles. The summed E-state index contributed by atoms with van der Waals surface area (Å²) in [5, 5.41) is 11.6. The molecule has 1 aromatic rings. The van der Waals surface area contributed by atoms with Crippen molar-refractivity contribution in [1.82, 2.24) is 0 Å². The summed E-state index contributed by atoms with van der Waals surface area (Å²) in [5.41, 5.74) is 0.384. The smallest absolute Gasteiger partial charge is 0.227 e. The molecule has 1 aliphatic rings. The summed E-state index contributed by atoms with van der Waals surface area (Å²) in [4.78, 5) is 11.5. The average molecular weight is 209 g/mol. The van der Waals surface area contributed by atoms with E-state index in [1.54, 1.807) is 0 Å². The van der Waals surface area contributed by atoms with Crippen LogP contribution in [0.2, 0.25) is 0 Å². The zero-order valence-electron chi connectivity index (χ0n) is 8.33. The minimum Gasteiger partial charge on any atom is -0.505 e. The average Bonchev–Trinajstić information content (AvgIpc) is 2.89. The van der Waals surface area contributed by atoms with Crippen LogP contribution in [0.1, 0.15) is 13.3 Å². The van der Waals surface area contributed by atoms with E-state index in [-0.39, 0.29) is 11.8 Å². The van der Waals surface area contributed by atoms with Gasteiger partial charge in [0.25, 0.3) is 0 Å². The Hall–Kier alpha value is -1.58. The molecule has 4 heteroatoms. The monoisotopic (exact) mass is 209 g/mol. The highest BCUT2D eigenvalue weighted by Crippen LogP contribution is 2.38. The molecule has 15 heavy (non-hydrogen) atoms. The Bertz CT molecular complexity index is 406. The molecular formula is C11H12FNO2. The molecule has 0 spiro atoms. The maximum atomic E-state index is 12.9.